The van der Waals surface area contributed by atoms with Crippen molar-refractivity contribution in [1.82, 2.24) is 5.32 Å². The first-order valence-corrected chi connectivity index (χ1v) is 6.44. The minimum absolute atomic E-state index is 0.0874. The van der Waals surface area contributed by atoms with Crippen LogP contribution in [0.15, 0.2) is 54.9 Å². The van der Waals surface area contributed by atoms with Gasteiger partial charge in [0.25, 0.3) is 5.91 Å². The van der Waals surface area contributed by atoms with E-state index >= 15 is 0 Å². The van der Waals surface area contributed by atoms with Gasteiger partial charge in [-0.25, -0.2) is 0 Å². The number of amides is 1. The first-order valence-electron chi connectivity index (χ1n) is 6.44. The molecule has 1 amide bonds. The maximum Gasteiger partial charge on any atom is 0.257 e. The molecule has 1 atom stereocenters. The van der Waals surface area contributed by atoms with Crippen molar-refractivity contribution >= 4 is 11.6 Å². The Bertz CT molecular complexity index is 572. The first kappa shape index (κ1) is 13.9. The summed E-state index contributed by atoms with van der Waals surface area (Å²) in [6.07, 6.45) is 2.60. The monoisotopic (exact) mass is 271 g/mol. The second-order valence-corrected chi connectivity index (χ2v) is 4.57. The van der Waals surface area contributed by atoms with Gasteiger partial charge in [0.1, 0.15) is 5.56 Å². The molecule has 5 heteroatoms. The molecule has 0 fully saturated rings. The number of hydrogen-bond acceptors (Lipinski definition) is 3. The molecule has 0 aliphatic rings. The highest BCUT2D eigenvalue weighted by molar-refractivity contribution is 5.93. The molecule has 0 aliphatic carbocycles. The summed E-state index contributed by atoms with van der Waals surface area (Å²) in [6.45, 7) is 2.45. The van der Waals surface area contributed by atoms with Crippen LogP contribution < -0.4 is 15.4 Å². The Labute approximate surface area is 117 Å². The summed E-state index contributed by atoms with van der Waals surface area (Å²) in [4.78, 5) is 11.9. The molecule has 0 saturated carbocycles. The lowest BCUT2D eigenvalue weighted by Gasteiger charge is -2.15. The molecule has 2 aromatic rings. The van der Waals surface area contributed by atoms with E-state index in [1.165, 1.54) is 12.4 Å². The second kappa shape index (κ2) is 6.56. The second-order valence-electron chi connectivity index (χ2n) is 4.57. The number of rotatable bonds is 5. The number of anilines is 1. The molecule has 20 heavy (non-hydrogen) atoms. The van der Waals surface area contributed by atoms with Gasteiger partial charge in [0.15, 0.2) is 12.4 Å². The van der Waals surface area contributed by atoms with Crippen LogP contribution in [0, 0.1) is 5.21 Å². The predicted molar refractivity (Wildman–Crippen MR) is 77.3 cm³/mol. The molecular formula is C15H17N3O2. The highest BCUT2D eigenvalue weighted by Crippen LogP contribution is 2.06. The van der Waals surface area contributed by atoms with Gasteiger partial charge < -0.3 is 15.8 Å². The van der Waals surface area contributed by atoms with Gasteiger partial charge in [0, 0.05) is 24.3 Å². The molecule has 1 aromatic heterocycles. The van der Waals surface area contributed by atoms with Crippen molar-refractivity contribution in [1.29, 1.82) is 0 Å². The smallest absolute Gasteiger partial charge is 0.257 e. The number of para-hydroxylation sites is 1. The highest BCUT2D eigenvalue weighted by atomic mass is 16.5. The SMILES string of the molecule is CC(CNC(=O)c1ccc[n+]([O-])c1)Nc1ccccc1. The lowest BCUT2D eigenvalue weighted by atomic mass is 10.2. The Balaban J connectivity index is 1.84. The Hall–Kier alpha value is -2.56. The van der Waals surface area contributed by atoms with Crippen molar-refractivity contribution in [2.75, 3.05) is 11.9 Å². The van der Waals surface area contributed by atoms with Gasteiger partial charge in [-0.1, -0.05) is 18.2 Å². The zero-order valence-electron chi connectivity index (χ0n) is 11.2. The normalized spacial score (nSPS) is 11.7. The third-order valence-corrected chi connectivity index (χ3v) is 2.79. The number of carbonyl (C=O) groups is 1. The molecular weight excluding hydrogens is 254 g/mol. The van der Waals surface area contributed by atoms with Crippen molar-refractivity contribution in [3.05, 3.63) is 65.6 Å². The summed E-state index contributed by atoms with van der Waals surface area (Å²) in [5.74, 6) is -0.253. The van der Waals surface area contributed by atoms with Crippen molar-refractivity contribution in [3.8, 4) is 0 Å². The largest absolute Gasteiger partial charge is 0.619 e. The van der Waals surface area contributed by atoms with E-state index in [1.54, 1.807) is 12.1 Å². The van der Waals surface area contributed by atoms with E-state index in [0.29, 0.717) is 16.8 Å². The summed E-state index contributed by atoms with van der Waals surface area (Å²) in [5, 5.41) is 17.2. The van der Waals surface area contributed by atoms with Gasteiger partial charge in [-0.15, -0.1) is 0 Å². The summed E-state index contributed by atoms with van der Waals surface area (Å²) in [5.41, 5.74) is 1.36. The van der Waals surface area contributed by atoms with Crippen LogP contribution in [0.2, 0.25) is 0 Å². The number of nitrogens with zero attached hydrogens (tertiary/aromatic N) is 1. The average Bonchev–Trinajstić information content (AvgIpc) is 2.46. The van der Waals surface area contributed by atoms with Crippen LogP contribution in [0.5, 0.6) is 0 Å². The number of hydrogen-bond donors (Lipinski definition) is 2. The zero-order valence-corrected chi connectivity index (χ0v) is 11.2. The number of carbonyl (C=O) groups excluding carboxylic acids is 1. The zero-order chi connectivity index (χ0) is 14.4. The number of aromatic nitrogens is 1. The Morgan fingerprint density at radius 2 is 2.00 bits per heavy atom. The lowest BCUT2D eigenvalue weighted by Crippen LogP contribution is -2.36. The Morgan fingerprint density at radius 1 is 1.25 bits per heavy atom. The van der Waals surface area contributed by atoms with Crippen LogP contribution in [0.4, 0.5) is 5.69 Å². The van der Waals surface area contributed by atoms with Crippen LogP contribution in [0.1, 0.15) is 17.3 Å². The number of benzene rings is 1. The highest BCUT2D eigenvalue weighted by Gasteiger charge is 2.10. The van der Waals surface area contributed by atoms with Crippen molar-refractivity contribution in [2.45, 2.75) is 13.0 Å². The average molecular weight is 271 g/mol. The standard InChI is InChI=1S/C15H17N3O2/c1-12(17-14-7-3-2-4-8-14)10-16-15(19)13-6-5-9-18(20)11-13/h2-9,11-12,17H,10H2,1H3,(H,16,19). The van der Waals surface area contributed by atoms with E-state index in [2.05, 4.69) is 10.6 Å². The van der Waals surface area contributed by atoms with Gasteiger partial charge in [-0.3, -0.25) is 4.79 Å². The van der Waals surface area contributed by atoms with Gasteiger partial charge in [0.2, 0.25) is 0 Å². The molecule has 2 rings (SSSR count). The van der Waals surface area contributed by atoms with Gasteiger partial charge in [-0.05, 0) is 25.1 Å². The van der Waals surface area contributed by atoms with Gasteiger partial charge in [-0.2, -0.15) is 4.73 Å². The van der Waals surface area contributed by atoms with E-state index in [9.17, 15) is 10.0 Å². The Kier molecular flexibility index (Phi) is 4.55. The van der Waals surface area contributed by atoms with E-state index in [1.807, 2.05) is 37.3 Å². The molecule has 1 aromatic carbocycles. The van der Waals surface area contributed by atoms with Gasteiger partial charge in [0.05, 0.1) is 0 Å². The maximum atomic E-state index is 11.9. The molecule has 0 radical (unpaired) electrons. The number of pyridine rings is 1. The number of nitrogens with one attached hydrogen (secondary N) is 2. The molecule has 5 nitrogen and oxygen atoms in total. The van der Waals surface area contributed by atoms with Crippen LogP contribution in [-0.2, 0) is 0 Å². The molecule has 1 unspecified atom stereocenters. The van der Waals surface area contributed by atoms with Crippen LogP contribution in [0.3, 0.4) is 0 Å². The van der Waals surface area contributed by atoms with Crippen molar-refractivity contribution in [3.63, 3.8) is 0 Å². The van der Waals surface area contributed by atoms with E-state index in [0.717, 1.165) is 5.69 Å². The fourth-order valence-electron chi connectivity index (χ4n) is 1.81. The fraction of sp³-hybridized carbons (Fsp3) is 0.200. The predicted octanol–water partition coefficient (Wildman–Crippen LogP) is 1.55. The van der Waals surface area contributed by atoms with E-state index in [4.69, 9.17) is 0 Å². The summed E-state index contributed by atoms with van der Waals surface area (Å²) >= 11 is 0. The van der Waals surface area contributed by atoms with Crippen molar-refractivity contribution < 1.29 is 9.52 Å². The fourth-order valence-corrected chi connectivity index (χ4v) is 1.81. The molecule has 0 spiro atoms. The summed E-state index contributed by atoms with van der Waals surface area (Å²) < 4.78 is 0.612. The molecule has 0 aliphatic heterocycles. The quantitative estimate of drug-likeness (QED) is 0.640. The molecule has 0 bridgehead atoms. The lowest BCUT2D eigenvalue weighted by molar-refractivity contribution is -0.605. The summed E-state index contributed by atoms with van der Waals surface area (Å²) in [6, 6.07) is 13.0. The van der Waals surface area contributed by atoms with E-state index in [-0.39, 0.29) is 11.9 Å². The molecule has 1 heterocycles. The van der Waals surface area contributed by atoms with Crippen LogP contribution in [0.25, 0.3) is 0 Å². The van der Waals surface area contributed by atoms with Crippen LogP contribution >= 0.6 is 0 Å². The van der Waals surface area contributed by atoms with E-state index < -0.39 is 0 Å². The summed E-state index contributed by atoms with van der Waals surface area (Å²) in [7, 11) is 0. The topological polar surface area (TPSA) is 68.1 Å². The third kappa shape index (κ3) is 3.98. The third-order valence-electron chi connectivity index (χ3n) is 2.79. The minimum atomic E-state index is -0.253. The molecule has 2 N–H and O–H groups in total. The van der Waals surface area contributed by atoms with Crippen molar-refractivity contribution in [2.24, 2.45) is 0 Å². The minimum Gasteiger partial charge on any atom is -0.619 e. The molecule has 0 saturated heterocycles. The maximum absolute atomic E-state index is 11.9. The van der Waals surface area contributed by atoms with Gasteiger partial charge >= 0.3 is 0 Å². The molecule has 104 valence electrons. The van der Waals surface area contributed by atoms with Crippen LogP contribution in [-0.4, -0.2) is 18.5 Å². The Morgan fingerprint density at radius 3 is 2.70 bits per heavy atom. The first-order chi connectivity index (χ1) is 9.65.